The second kappa shape index (κ2) is 3.57. The van der Waals surface area contributed by atoms with Crippen LogP contribution in [0.5, 0.6) is 0 Å². The van der Waals surface area contributed by atoms with Crippen molar-refractivity contribution in [2.45, 2.75) is 13.0 Å². The summed E-state index contributed by atoms with van der Waals surface area (Å²) in [4.78, 5) is 5.49. The summed E-state index contributed by atoms with van der Waals surface area (Å²) >= 11 is 3.31. The molecule has 0 saturated carbocycles. The summed E-state index contributed by atoms with van der Waals surface area (Å²) in [6.07, 6.45) is 0. The number of rotatable bonds is 2. The quantitative estimate of drug-likeness (QED) is 0.827. The lowest BCUT2D eigenvalue weighted by Gasteiger charge is -2.07. The maximum Gasteiger partial charge on any atom is 0.0795 e. The van der Waals surface area contributed by atoms with Gasteiger partial charge in [-0.2, -0.15) is 0 Å². The number of aryl methyl sites for hydroxylation is 1. The highest BCUT2D eigenvalue weighted by molar-refractivity contribution is 7.10. The zero-order valence-electron chi connectivity index (χ0n) is 7.23. The topological polar surface area (TPSA) is 38.9 Å². The van der Waals surface area contributed by atoms with Crippen molar-refractivity contribution in [1.29, 1.82) is 0 Å². The van der Waals surface area contributed by atoms with Crippen molar-refractivity contribution < 1.29 is 0 Å². The molecule has 2 heterocycles. The van der Waals surface area contributed by atoms with Crippen molar-refractivity contribution in [2.24, 2.45) is 5.73 Å². The third-order valence-corrected chi connectivity index (χ3v) is 3.47. The van der Waals surface area contributed by atoms with Crippen LogP contribution in [0.25, 0.3) is 0 Å². The average molecular weight is 210 g/mol. The summed E-state index contributed by atoms with van der Waals surface area (Å²) in [7, 11) is 0. The van der Waals surface area contributed by atoms with E-state index in [0.717, 1.165) is 5.69 Å². The molecule has 0 fully saturated rings. The van der Waals surface area contributed by atoms with Crippen LogP contribution in [-0.4, -0.2) is 4.98 Å². The molecule has 0 aromatic carbocycles. The highest BCUT2D eigenvalue weighted by Crippen LogP contribution is 2.25. The van der Waals surface area contributed by atoms with E-state index in [-0.39, 0.29) is 6.04 Å². The van der Waals surface area contributed by atoms with Gasteiger partial charge in [-0.05, 0) is 23.9 Å². The van der Waals surface area contributed by atoms with Crippen LogP contribution in [0.1, 0.15) is 22.2 Å². The first-order valence-corrected chi connectivity index (χ1v) is 5.79. The Morgan fingerprint density at radius 2 is 2.38 bits per heavy atom. The van der Waals surface area contributed by atoms with Gasteiger partial charge in [0.2, 0.25) is 0 Å². The van der Waals surface area contributed by atoms with Gasteiger partial charge in [-0.25, -0.2) is 4.98 Å². The zero-order valence-corrected chi connectivity index (χ0v) is 8.86. The molecule has 68 valence electrons. The molecule has 0 aliphatic heterocycles. The second-order valence-corrected chi connectivity index (χ2v) is 4.66. The van der Waals surface area contributed by atoms with Crippen LogP contribution < -0.4 is 5.73 Å². The van der Waals surface area contributed by atoms with Crippen LogP contribution in [0.4, 0.5) is 0 Å². The molecule has 0 saturated heterocycles. The summed E-state index contributed by atoms with van der Waals surface area (Å²) in [5, 5.41) is 4.07. The van der Waals surface area contributed by atoms with Gasteiger partial charge in [0.1, 0.15) is 0 Å². The van der Waals surface area contributed by atoms with Crippen LogP contribution in [0.2, 0.25) is 0 Å². The highest BCUT2D eigenvalue weighted by atomic mass is 32.1. The molecule has 0 aliphatic rings. The van der Waals surface area contributed by atoms with Crippen LogP contribution >= 0.6 is 22.7 Å². The Hall–Kier alpha value is -0.710. The lowest BCUT2D eigenvalue weighted by molar-refractivity contribution is 0.837. The number of nitrogens with zero attached hydrogens (tertiary/aromatic N) is 1. The van der Waals surface area contributed by atoms with Gasteiger partial charge >= 0.3 is 0 Å². The van der Waals surface area contributed by atoms with Crippen molar-refractivity contribution in [3.8, 4) is 0 Å². The number of nitrogens with two attached hydrogens (primary N) is 1. The van der Waals surface area contributed by atoms with Gasteiger partial charge in [0.05, 0.1) is 17.2 Å². The lowest BCUT2D eigenvalue weighted by atomic mass is 10.1. The first kappa shape index (κ1) is 8.87. The predicted molar refractivity (Wildman–Crippen MR) is 57.2 cm³/mol. The van der Waals surface area contributed by atoms with E-state index < -0.39 is 0 Å². The fraction of sp³-hybridized carbons (Fsp3) is 0.222. The molecular weight excluding hydrogens is 200 g/mol. The minimum atomic E-state index is -0.0579. The molecule has 1 atom stereocenters. The Morgan fingerprint density at radius 1 is 1.54 bits per heavy atom. The van der Waals surface area contributed by atoms with Crippen LogP contribution in [0, 0.1) is 6.92 Å². The summed E-state index contributed by atoms with van der Waals surface area (Å²) in [6.45, 7) is 2.09. The standard InChI is InChI=1S/C9H10N2S2/c1-6-7(2-3-13-6)9(10)8-4-12-5-11-8/h2-5,9H,10H2,1H3. The molecule has 0 amide bonds. The fourth-order valence-electron chi connectivity index (χ4n) is 1.25. The van der Waals surface area contributed by atoms with Gasteiger partial charge in [-0.15, -0.1) is 22.7 Å². The van der Waals surface area contributed by atoms with Gasteiger partial charge in [0.15, 0.2) is 0 Å². The fourth-order valence-corrected chi connectivity index (χ4v) is 2.59. The summed E-state index contributed by atoms with van der Waals surface area (Å²) in [5.41, 5.74) is 10.0. The van der Waals surface area contributed by atoms with Gasteiger partial charge < -0.3 is 5.73 Å². The maximum atomic E-state index is 6.06. The molecule has 2 rings (SSSR count). The molecular formula is C9H10N2S2. The molecule has 2 aromatic heterocycles. The number of aromatic nitrogens is 1. The van der Waals surface area contributed by atoms with E-state index in [4.69, 9.17) is 5.73 Å². The van der Waals surface area contributed by atoms with Gasteiger partial charge in [-0.1, -0.05) is 0 Å². The van der Waals surface area contributed by atoms with E-state index in [1.54, 1.807) is 22.7 Å². The Kier molecular flexibility index (Phi) is 2.44. The predicted octanol–water partition coefficient (Wildman–Crippen LogP) is 2.56. The normalized spacial score (nSPS) is 13.1. The third kappa shape index (κ3) is 1.65. The number of thiazole rings is 1. The minimum absolute atomic E-state index is 0.0579. The van der Waals surface area contributed by atoms with Gasteiger partial charge in [-0.3, -0.25) is 0 Å². The average Bonchev–Trinajstić information content (AvgIpc) is 2.72. The zero-order chi connectivity index (χ0) is 9.26. The smallest absolute Gasteiger partial charge is 0.0795 e. The monoisotopic (exact) mass is 210 g/mol. The van der Waals surface area contributed by atoms with E-state index in [1.165, 1.54) is 10.4 Å². The number of hydrogen-bond acceptors (Lipinski definition) is 4. The molecule has 2 nitrogen and oxygen atoms in total. The van der Waals surface area contributed by atoms with Crippen molar-refractivity contribution in [2.75, 3.05) is 0 Å². The molecule has 0 aliphatic carbocycles. The summed E-state index contributed by atoms with van der Waals surface area (Å²) in [5.74, 6) is 0. The van der Waals surface area contributed by atoms with Crippen LogP contribution in [0.3, 0.4) is 0 Å². The number of hydrogen-bond donors (Lipinski definition) is 1. The first-order chi connectivity index (χ1) is 6.29. The van der Waals surface area contributed by atoms with Gasteiger partial charge in [0.25, 0.3) is 0 Å². The van der Waals surface area contributed by atoms with Crippen molar-refractivity contribution in [3.63, 3.8) is 0 Å². The molecule has 0 radical (unpaired) electrons. The van der Waals surface area contributed by atoms with Gasteiger partial charge in [0, 0.05) is 10.3 Å². The lowest BCUT2D eigenvalue weighted by Crippen LogP contribution is -2.12. The molecule has 2 aromatic rings. The van der Waals surface area contributed by atoms with E-state index in [9.17, 15) is 0 Å². The van der Waals surface area contributed by atoms with Crippen LogP contribution in [0.15, 0.2) is 22.3 Å². The summed E-state index contributed by atoms with van der Waals surface area (Å²) in [6, 6.07) is 2.02. The molecule has 2 N–H and O–H groups in total. The van der Waals surface area contributed by atoms with Crippen molar-refractivity contribution >= 4 is 22.7 Å². The van der Waals surface area contributed by atoms with Crippen molar-refractivity contribution in [1.82, 2.24) is 4.98 Å². The highest BCUT2D eigenvalue weighted by Gasteiger charge is 2.13. The largest absolute Gasteiger partial charge is 0.319 e. The molecule has 13 heavy (non-hydrogen) atoms. The Balaban J connectivity index is 2.33. The SMILES string of the molecule is Cc1sccc1C(N)c1cscn1. The van der Waals surface area contributed by atoms with E-state index >= 15 is 0 Å². The summed E-state index contributed by atoms with van der Waals surface area (Å²) < 4.78 is 0. The molecule has 4 heteroatoms. The first-order valence-electron chi connectivity index (χ1n) is 3.96. The minimum Gasteiger partial charge on any atom is -0.319 e. The maximum absolute atomic E-state index is 6.06. The van der Waals surface area contributed by atoms with E-state index in [1.807, 2.05) is 10.9 Å². The second-order valence-electron chi connectivity index (χ2n) is 2.82. The molecule has 0 spiro atoms. The van der Waals surface area contributed by atoms with E-state index in [0.29, 0.717) is 0 Å². The Labute approximate surface area is 85.1 Å². The van der Waals surface area contributed by atoms with E-state index in [2.05, 4.69) is 23.4 Å². The van der Waals surface area contributed by atoms with Crippen LogP contribution in [-0.2, 0) is 0 Å². The van der Waals surface area contributed by atoms with Crippen molar-refractivity contribution in [3.05, 3.63) is 38.5 Å². The molecule has 0 bridgehead atoms. The Morgan fingerprint density at radius 3 is 2.92 bits per heavy atom. The number of thiophene rings is 1. The Bertz CT molecular complexity index is 378. The molecule has 1 unspecified atom stereocenters. The third-order valence-electron chi connectivity index (χ3n) is 2.00.